The van der Waals surface area contributed by atoms with Crippen molar-refractivity contribution in [3.63, 3.8) is 0 Å². The quantitative estimate of drug-likeness (QED) is 0.781. The maximum absolute atomic E-state index is 14.1. The lowest BCUT2D eigenvalue weighted by molar-refractivity contribution is -0.134. The van der Waals surface area contributed by atoms with E-state index in [1.54, 1.807) is 0 Å². The third-order valence-corrected chi connectivity index (χ3v) is 4.96. The minimum absolute atomic E-state index is 0.274. The first-order valence-electron chi connectivity index (χ1n) is 7.70. The van der Waals surface area contributed by atoms with E-state index < -0.39 is 41.6 Å². The first-order valence-corrected chi connectivity index (χ1v) is 8.58. The molecular formula is C17H15F2N3O3S. The molecular weight excluding hydrogens is 364 g/mol. The lowest BCUT2D eigenvalue weighted by Crippen LogP contribution is -2.43. The minimum atomic E-state index is -1.78. The fourth-order valence-electron chi connectivity index (χ4n) is 2.70. The Balaban J connectivity index is 1.74. The molecule has 9 heteroatoms. The molecule has 1 aromatic carbocycles. The van der Waals surface area contributed by atoms with Crippen molar-refractivity contribution in [3.05, 3.63) is 57.8 Å². The number of rotatable bonds is 5. The number of carbonyl (C=O) groups is 3. The monoisotopic (exact) mass is 379 g/mol. The van der Waals surface area contributed by atoms with Crippen LogP contribution in [0, 0.1) is 11.6 Å². The van der Waals surface area contributed by atoms with Gasteiger partial charge in [-0.15, -0.1) is 11.3 Å². The molecule has 3 rings (SSSR count). The lowest BCUT2D eigenvalue weighted by Gasteiger charge is -2.22. The highest BCUT2D eigenvalue weighted by Crippen LogP contribution is 2.31. The number of thiophene rings is 1. The second kappa shape index (κ2) is 6.83. The van der Waals surface area contributed by atoms with Gasteiger partial charge in [-0.05, 0) is 36.6 Å². The number of hydrogen-bond acceptors (Lipinski definition) is 4. The largest absolute Gasteiger partial charge is 0.350 e. The zero-order valence-corrected chi connectivity index (χ0v) is 14.5. The number of hydrogen-bond donors (Lipinski definition) is 2. The molecule has 1 atom stereocenters. The number of carbonyl (C=O) groups excluding carboxylic acids is 3. The molecule has 0 radical (unpaired) electrons. The number of nitrogens with one attached hydrogen (secondary N) is 2. The van der Waals surface area contributed by atoms with E-state index in [0.29, 0.717) is 4.90 Å². The van der Waals surface area contributed by atoms with Crippen LogP contribution in [0.3, 0.4) is 0 Å². The molecule has 1 aromatic heterocycles. The van der Waals surface area contributed by atoms with Crippen LogP contribution in [0.15, 0.2) is 35.7 Å². The van der Waals surface area contributed by atoms with Crippen LogP contribution >= 0.6 is 11.3 Å². The second-order valence-electron chi connectivity index (χ2n) is 5.93. The average Bonchev–Trinajstić information content (AvgIpc) is 3.18. The maximum atomic E-state index is 14.1. The number of benzene rings is 1. The highest BCUT2D eigenvalue weighted by molar-refractivity contribution is 7.09. The zero-order valence-electron chi connectivity index (χ0n) is 13.7. The summed E-state index contributed by atoms with van der Waals surface area (Å²) in [5, 5.41) is 6.81. The molecule has 1 saturated heterocycles. The highest BCUT2D eigenvalue weighted by atomic mass is 32.1. The van der Waals surface area contributed by atoms with Crippen molar-refractivity contribution in [2.24, 2.45) is 0 Å². The summed E-state index contributed by atoms with van der Waals surface area (Å²) in [6.07, 6.45) is 0. The van der Waals surface area contributed by atoms with Crippen molar-refractivity contribution in [1.82, 2.24) is 15.5 Å². The van der Waals surface area contributed by atoms with Crippen LogP contribution in [0.25, 0.3) is 0 Å². The van der Waals surface area contributed by atoms with Crippen LogP contribution in [-0.4, -0.2) is 29.3 Å². The van der Waals surface area contributed by atoms with Gasteiger partial charge in [0.25, 0.3) is 5.91 Å². The fourth-order valence-corrected chi connectivity index (χ4v) is 3.35. The van der Waals surface area contributed by atoms with E-state index in [1.807, 2.05) is 17.5 Å². The third-order valence-electron chi connectivity index (χ3n) is 4.08. The number of urea groups is 1. The van der Waals surface area contributed by atoms with Gasteiger partial charge in [0.05, 0.1) is 6.54 Å². The van der Waals surface area contributed by atoms with E-state index in [2.05, 4.69) is 10.6 Å². The summed E-state index contributed by atoms with van der Waals surface area (Å²) in [5.74, 6) is -2.92. The summed E-state index contributed by atoms with van der Waals surface area (Å²) >= 11 is 1.46. The Kier molecular flexibility index (Phi) is 4.73. The molecule has 1 fully saturated rings. The van der Waals surface area contributed by atoms with Crippen LogP contribution in [0.1, 0.15) is 17.4 Å². The standard InChI is InChI=1S/C17H15F2N3O3S/c1-17(12-7-10(18)4-5-13(12)19)15(24)22(16(25)21-17)9-14(23)20-8-11-3-2-6-26-11/h2-7H,8-9H2,1H3,(H,20,23)(H,21,25)/t17-/m1/s1. The Morgan fingerprint density at radius 2 is 2.08 bits per heavy atom. The van der Waals surface area contributed by atoms with E-state index >= 15 is 0 Å². The summed E-state index contributed by atoms with van der Waals surface area (Å²) in [6, 6.07) is 5.48. The zero-order chi connectivity index (χ0) is 18.9. The molecule has 1 aliphatic rings. The number of halogens is 2. The van der Waals surface area contributed by atoms with Crippen molar-refractivity contribution in [2.45, 2.75) is 19.0 Å². The van der Waals surface area contributed by atoms with Crippen molar-refractivity contribution in [3.8, 4) is 0 Å². The van der Waals surface area contributed by atoms with Gasteiger partial charge >= 0.3 is 6.03 Å². The topological polar surface area (TPSA) is 78.5 Å². The highest BCUT2D eigenvalue weighted by Gasteiger charge is 2.50. The van der Waals surface area contributed by atoms with Gasteiger partial charge in [0.1, 0.15) is 23.7 Å². The van der Waals surface area contributed by atoms with Crippen LogP contribution in [0.5, 0.6) is 0 Å². The predicted molar refractivity (Wildman–Crippen MR) is 90.1 cm³/mol. The Labute approximate surface area is 151 Å². The Morgan fingerprint density at radius 3 is 2.77 bits per heavy atom. The van der Waals surface area contributed by atoms with Gasteiger partial charge in [0.2, 0.25) is 5.91 Å². The molecule has 26 heavy (non-hydrogen) atoms. The summed E-state index contributed by atoms with van der Waals surface area (Å²) in [5.41, 5.74) is -2.07. The molecule has 0 spiro atoms. The molecule has 2 N–H and O–H groups in total. The molecule has 0 unspecified atom stereocenters. The van der Waals surface area contributed by atoms with Crippen LogP contribution in [0.4, 0.5) is 13.6 Å². The smallest absolute Gasteiger partial charge is 0.325 e. The van der Waals surface area contributed by atoms with Gasteiger partial charge in [0, 0.05) is 10.4 Å². The number of nitrogens with zero attached hydrogens (tertiary/aromatic N) is 1. The van der Waals surface area contributed by atoms with Gasteiger partial charge in [0.15, 0.2) is 0 Å². The van der Waals surface area contributed by atoms with Gasteiger partial charge in [-0.2, -0.15) is 0 Å². The van der Waals surface area contributed by atoms with Gasteiger partial charge in [-0.3, -0.25) is 14.5 Å². The van der Waals surface area contributed by atoms with Gasteiger partial charge in [-0.1, -0.05) is 6.07 Å². The van der Waals surface area contributed by atoms with E-state index in [1.165, 1.54) is 18.3 Å². The molecule has 0 aliphatic carbocycles. The molecule has 2 heterocycles. The maximum Gasteiger partial charge on any atom is 0.325 e. The minimum Gasteiger partial charge on any atom is -0.350 e. The van der Waals surface area contributed by atoms with Crippen LogP contribution in [0.2, 0.25) is 0 Å². The molecule has 4 amide bonds. The number of amides is 4. The molecule has 136 valence electrons. The van der Waals surface area contributed by atoms with Crippen molar-refractivity contribution >= 4 is 29.2 Å². The first kappa shape index (κ1) is 18.0. The lowest BCUT2D eigenvalue weighted by atomic mass is 9.91. The van der Waals surface area contributed by atoms with Gasteiger partial charge in [-0.25, -0.2) is 13.6 Å². The van der Waals surface area contributed by atoms with Crippen LogP contribution < -0.4 is 10.6 Å². The average molecular weight is 379 g/mol. The summed E-state index contributed by atoms with van der Waals surface area (Å²) in [7, 11) is 0. The molecule has 2 aromatic rings. The van der Waals surface area contributed by atoms with Crippen LogP contribution in [-0.2, 0) is 21.7 Å². The van der Waals surface area contributed by atoms with Crippen molar-refractivity contribution in [1.29, 1.82) is 0 Å². The van der Waals surface area contributed by atoms with Crippen molar-refractivity contribution < 1.29 is 23.2 Å². The van der Waals surface area contributed by atoms with E-state index in [0.717, 1.165) is 23.1 Å². The van der Waals surface area contributed by atoms with Crippen molar-refractivity contribution in [2.75, 3.05) is 6.54 Å². The fraction of sp³-hybridized carbons (Fsp3) is 0.235. The summed E-state index contributed by atoms with van der Waals surface area (Å²) in [4.78, 5) is 38.4. The third kappa shape index (κ3) is 3.30. The Hall–Kier alpha value is -2.81. The molecule has 1 aliphatic heterocycles. The second-order valence-corrected chi connectivity index (χ2v) is 6.96. The Morgan fingerprint density at radius 1 is 1.31 bits per heavy atom. The normalized spacial score (nSPS) is 19.6. The van der Waals surface area contributed by atoms with E-state index in [9.17, 15) is 23.2 Å². The summed E-state index contributed by atoms with van der Waals surface area (Å²) < 4.78 is 27.5. The van der Waals surface area contributed by atoms with E-state index in [4.69, 9.17) is 0 Å². The SMILES string of the molecule is C[C@]1(c2cc(F)ccc2F)NC(=O)N(CC(=O)NCc2cccs2)C1=O. The first-order chi connectivity index (χ1) is 12.3. The van der Waals surface area contributed by atoms with Gasteiger partial charge < -0.3 is 10.6 Å². The predicted octanol–water partition coefficient (Wildman–Crippen LogP) is 2.11. The molecule has 0 bridgehead atoms. The van der Waals surface area contributed by atoms with E-state index in [-0.39, 0.29) is 12.1 Å². The molecule has 0 saturated carbocycles. The summed E-state index contributed by atoms with van der Waals surface area (Å²) in [6.45, 7) is 1.03. The Bertz CT molecular complexity index is 872. The number of imide groups is 1. The molecule has 6 nitrogen and oxygen atoms in total.